The number of phenolic OH excluding ortho intramolecular Hbond substituents is 1. The number of fused-ring (bicyclic) bond motifs is 1. The lowest BCUT2D eigenvalue weighted by Crippen LogP contribution is -2.16. The van der Waals surface area contributed by atoms with Gasteiger partial charge in [-0.05, 0) is 55.3 Å². The summed E-state index contributed by atoms with van der Waals surface area (Å²) in [5.41, 5.74) is 2.21. The van der Waals surface area contributed by atoms with Gasteiger partial charge in [0.1, 0.15) is 11.3 Å². The van der Waals surface area contributed by atoms with Crippen LogP contribution in [0.1, 0.15) is 24.5 Å². The van der Waals surface area contributed by atoms with Gasteiger partial charge in [0.05, 0.1) is 0 Å². The zero-order valence-corrected chi connectivity index (χ0v) is 15.5. The summed E-state index contributed by atoms with van der Waals surface area (Å²) in [4.78, 5) is 35.5. The number of anilines is 2. The van der Waals surface area contributed by atoms with Crippen molar-refractivity contribution in [1.82, 2.24) is 0 Å². The monoisotopic (exact) mass is 380 g/mol. The van der Waals surface area contributed by atoms with E-state index < -0.39 is 5.63 Å². The van der Waals surface area contributed by atoms with Crippen molar-refractivity contribution in [2.24, 2.45) is 0 Å². The first kappa shape index (κ1) is 19.2. The molecule has 0 saturated heterocycles. The van der Waals surface area contributed by atoms with E-state index in [0.717, 1.165) is 10.9 Å². The second kappa shape index (κ2) is 7.96. The number of nitrogens with one attached hydrogen (secondary N) is 2. The van der Waals surface area contributed by atoms with Crippen LogP contribution in [0.4, 0.5) is 11.4 Å². The second-order valence-electron chi connectivity index (χ2n) is 6.48. The van der Waals surface area contributed by atoms with Gasteiger partial charge in [-0.25, -0.2) is 4.79 Å². The molecule has 144 valence electrons. The third-order valence-corrected chi connectivity index (χ3v) is 4.36. The van der Waals surface area contributed by atoms with E-state index in [4.69, 9.17) is 4.42 Å². The number of phenols is 1. The molecule has 1 aromatic heterocycles. The van der Waals surface area contributed by atoms with Crippen molar-refractivity contribution >= 4 is 34.2 Å². The Balaban J connectivity index is 1.68. The van der Waals surface area contributed by atoms with Crippen LogP contribution in [-0.2, 0) is 16.0 Å². The molecule has 0 unspecified atom stereocenters. The normalized spacial score (nSPS) is 10.6. The molecule has 7 nitrogen and oxygen atoms in total. The van der Waals surface area contributed by atoms with Crippen LogP contribution in [0.2, 0.25) is 0 Å². The Bertz CT molecular complexity index is 1100. The number of amides is 2. The molecule has 2 amide bonds. The summed E-state index contributed by atoms with van der Waals surface area (Å²) in [5, 5.41) is 15.7. The minimum atomic E-state index is -0.511. The van der Waals surface area contributed by atoms with Crippen LogP contribution < -0.4 is 16.3 Å². The van der Waals surface area contributed by atoms with Gasteiger partial charge in [-0.2, -0.15) is 0 Å². The molecule has 3 aromatic rings. The fraction of sp³-hybridized carbons (Fsp3) is 0.190. The van der Waals surface area contributed by atoms with Gasteiger partial charge in [-0.15, -0.1) is 0 Å². The molecule has 3 rings (SSSR count). The molecule has 2 aromatic carbocycles. The highest BCUT2D eigenvalue weighted by atomic mass is 16.4. The van der Waals surface area contributed by atoms with Crippen LogP contribution in [-0.4, -0.2) is 16.9 Å². The Hall–Kier alpha value is -3.61. The molecule has 28 heavy (non-hydrogen) atoms. The molecule has 0 aliphatic heterocycles. The van der Waals surface area contributed by atoms with Gasteiger partial charge < -0.3 is 20.2 Å². The zero-order chi connectivity index (χ0) is 20.3. The van der Waals surface area contributed by atoms with Gasteiger partial charge in [0.25, 0.3) is 0 Å². The molecule has 3 N–H and O–H groups in total. The maximum absolute atomic E-state index is 12.2. The fourth-order valence-electron chi connectivity index (χ4n) is 2.97. The van der Waals surface area contributed by atoms with E-state index in [2.05, 4.69) is 10.6 Å². The van der Waals surface area contributed by atoms with E-state index in [-0.39, 0.29) is 30.4 Å². The molecule has 0 radical (unpaired) electrons. The number of aryl methyl sites for hydroxylation is 1. The molecule has 0 spiro atoms. The molecule has 0 aliphatic carbocycles. The van der Waals surface area contributed by atoms with Gasteiger partial charge in [0, 0.05) is 41.7 Å². The lowest BCUT2D eigenvalue weighted by molar-refractivity contribution is -0.116. The molecule has 1 heterocycles. The highest BCUT2D eigenvalue weighted by molar-refractivity contribution is 5.92. The number of hydrogen-bond acceptors (Lipinski definition) is 5. The Labute approximate surface area is 161 Å². The first-order chi connectivity index (χ1) is 13.3. The van der Waals surface area contributed by atoms with Crippen LogP contribution in [0.15, 0.2) is 51.7 Å². The SMILES string of the molecule is CC(=O)Nc1ccc(NC(=O)CCc2c(C)c3ccc(O)cc3oc2=O)cc1. The fourth-order valence-corrected chi connectivity index (χ4v) is 2.97. The molecule has 0 fully saturated rings. The van der Waals surface area contributed by atoms with Crippen molar-refractivity contribution in [3.05, 3.63) is 64.0 Å². The Morgan fingerprint density at radius 3 is 2.32 bits per heavy atom. The topological polar surface area (TPSA) is 109 Å². The van der Waals surface area contributed by atoms with Gasteiger partial charge in [-0.1, -0.05) is 0 Å². The quantitative estimate of drug-likeness (QED) is 0.588. The third kappa shape index (κ3) is 4.37. The number of aromatic hydroxyl groups is 1. The van der Waals surface area contributed by atoms with Gasteiger partial charge in [-0.3, -0.25) is 9.59 Å². The van der Waals surface area contributed by atoms with Crippen LogP contribution in [0.5, 0.6) is 5.75 Å². The second-order valence-corrected chi connectivity index (χ2v) is 6.48. The summed E-state index contributed by atoms with van der Waals surface area (Å²) in [6, 6.07) is 11.4. The van der Waals surface area contributed by atoms with Gasteiger partial charge >= 0.3 is 5.63 Å². The van der Waals surface area contributed by atoms with Crippen molar-refractivity contribution < 1.29 is 19.1 Å². The Morgan fingerprint density at radius 2 is 1.68 bits per heavy atom. The predicted molar refractivity (Wildman–Crippen MR) is 107 cm³/mol. The van der Waals surface area contributed by atoms with Gasteiger partial charge in [0.2, 0.25) is 11.8 Å². The summed E-state index contributed by atoms with van der Waals surface area (Å²) < 4.78 is 5.27. The average Bonchev–Trinajstić information content (AvgIpc) is 2.62. The maximum atomic E-state index is 12.2. The van der Waals surface area contributed by atoms with Crippen molar-refractivity contribution in [2.75, 3.05) is 10.6 Å². The Morgan fingerprint density at radius 1 is 1.04 bits per heavy atom. The van der Waals surface area contributed by atoms with E-state index in [0.29, 0.717) is 22.5 Å². The smallest absolute Gasteiger partial charge is 0.339 e. The predicted octanol–water partition coefficient (Wildman–Crippen LogP) is 3.34. The Kier molecular flexibility index (Phi) is 5.44. The van der Waals surface area contributed by atoms with E-state index in [9.17, 15) is 19.5 Å². The lowest BCUT2D eigenvalue weighted by Gasteiger charge is -2.09. The number of benzene rings is 2. The van der Waals surface area contributed by atoms with Crippen LogP contribution >= 0.6 is 0 Å². The van der Waals surface area contributed by atoms with Crippen molar-refractivity contribution in [3.8, 4) is 5.75 Å². The lowest BCUT2D eigenvalue weighted by atomic mass is 10.0. The number of rotatable bonds is 5. The molecule has 0 bridgehead atoms. The van der Waals surface area contributed by atoms with E-state index in [1.54, 1.807) is 37.3 Å². The van der Waals surface area contributed by atoms with E-state index in [1.807, 2.05) is 0 Å². The first-order valence-electron chi connectivity index (χ1n) is 8.76. The standard InChI is InChI=1S/C21H20N2O5/c1-12-17-8-7-16(25)11-19(17)28-21(27)18(12)9-10-20(26)23-15-5-3-14(4-6-15)22-13(2)24/h3-8,11,25H,9-10H2,1-2H3,(H,22,24)(H,23,26). The molecule has 7 heteroatoms. The maximum Gasteiger partial charge on any atom is 0.339 e. The highest BCUT2D eigenvalue weighted by Crippen LogP contribution is 2.24. The summed E-state index contributed by atoms with van der Waals surface area (Å²) in [6.07, 6.45) is 0.351. The summed E-state index contributed by atoms with van der Waals surface area (Å²) in [5.74, 6) is -0.389. The largest absolute Gasteiger partial charge is 0.508 e. The highest BCUT2D eigenvalue weighted by Gasteiger charge is 2.13. The first-order valence-corrected chi connectivity index (χ1v) is 8.76. The van der Waals surface area contributed by atoms with Crippen molar-refractivity contribution in [1.29, 1.82) is 0 Å². The summed E-state index contributed by atoms with van der Waals surface area (Å²) in [7, 11) is 0. The molecular formula is C21H20N2O5. The molecular weight excluding hydrogens is 360 g/mol. The number of hydrogen-bond donors (Lipinski definition) is 3. The molecule has 0 atom stereocenters. The summed E-state index contributed by atoms with van der Waals surface area (Å²) >= 11 is 0. The van der Waals surface area contributed by atoms with Crippen LogP contribution in [0, 0.1) is 6.92 Å². The molecule has 0 aliphatic rings. The average molecular weight is 380 g/mol. The van der Waals surface area contributed by atoms with E-state index in [1.165, 1.54) is 19.1 Å². The van der Waals surface area contributed by atoms with Crippen LogP contribution in [0.3, 0.4) is 0 Å². The minimum absolute atomic E-state index is 0.0201. The minimum Gasteiger partial charge on any atom is -0.508 e. The number of carbonyl (C=O) groups excluding carboxylic acids is 2. The van der Waals surface area contributed by atoms with Gasteiger partial charge in [0.15, 0.2) is 0 Å². The zero-order valence-electron chi connectivity index (χ0n) is 15.5. The third-order valence-electron chi connectivity index (χ3n) is 4.36. The van der Waals surface area contributed by atoms with Crippen molar-refractivity contribution in [2.45, 2.75) is 26.7 Å². The number of carbonyl (C=O) groups is 2. The van der Waals surface area contributed by atoms with Crippen molar-refractivity contribution in [3.63, 3.8) is 0 Å². The van der Waals surface area contributed by atoms with Crippen LogP contribution in [0.25, 0.3) is 11.0 Å². The van der Waals surface area contributed by atoms with E-state index >= 15 is 0 Å². The summed E-state index contributed by atoms with van der Waals surface area (Å²) in [6.45, 7) is 3.22. The molecule has 0 saturated carbocycles.